The summed E-state index contributed by atoms with van der Waals surface area (Å²) < 4.78 is 67.9. The van der Waals surface area contributed by atoms with E-state index in [4.69, 9.17) is 50.9 Å². The summed E-state index contributed by atoms with van der Waals surface area (Å²) in [5.74, 6) is -5.34. The second-order valence-corrected chi connectivity index (χ2v) is 18.2. The molecule has 2 aromatic heterocycles. The van der Waals surface area contributed by atoms with Gasteiger partial charge in [0.1, 0.15) is 11.1 Å². The fraction of sp³-hybridized carbons (Fsp3) is 0.371. The maximum absolute atomic E-state index is 14.4. The van der Waals surface area contributed by atoms with E-state index in [-0.39, 0.29) is 79.8 Å². The predicted molar refractivity (Wildman–Crippen MR) is 214 cm³/mol. The molecular weight excluding hydrogens is 823 g/mol. The molecule has 4 aromatic rings. The molecule has 2 aromatic carbocycles. The van der Waals surface area contributed by atoms with Crippen LogP contribution in [-0.4, -0.2) is 74.0 Å². The molecule has 11 N–H and O–H groups in total. The number of rotatable bonds is 11. The first-order valence-corrected chi connectivity index (χ1v) is 21.3. The van der Waals surface area contributed by atoms with Crippen molar-refractivity contribution < 1.29 is 36.3 Å². The van der Waals surface area contributed by atoms with Crippen molar-refractivity contribution in [1.29, 1.82) is 0 Å². The fourth-order valence-electron chi connectivity index (χ4n) is 8.23. The molecule has 0 spiro atoms. The Labute approximate surface area is 337 Å². The van der Waals surface area contributed by atoms with E-state index in [1.807, 2.05) is 0 Å². The van der Waals surface area contributed by atoms with Crippen molar-refractivity contribution in [3.8, 4) is 0 Å². The number of halogens is 2. The lowest BCUT2D eigenvalue weighted by molar-refractivity contribution is -0.160. The van der Waals surface area contributed by atoms with Crippen molar-refractivity contribution in [2.45, 2.75) is 72.2 Å². The number of carbonyl (C=O) groups is 2. The molecule has 0 bridgehead atoms. The SMILES string of the molecule is COC(=O)C1(NS(=O)(=O)c2ccc3c(Cl)cnc(N=C(N)N)c3c2)CCCCC1C1CCCCC1(NS(=O)(=O)c1ccc2c(Cl)cnc(N=C(N)N)c2c1)C(=O)O. The maximum Gasteiger partial charge on any atom is 0.327 e. The van der Waals surface area contributed by atoms with Gasteiger partial charge < -0.3 is 32.8 Å². The lowest BCUT2D eigenvalue weighted by atomic mass is 9.58. The number of nitrogens with zero attached hydrogens (tertiary/aromatic N) is 4. The standard InChI is InChI=1S/C35H40Cl2N10O8S2/c1-55-31(50)35(47-57(53,54)19-9-11-21-23(15-19)29(45-33(40)41)43-17-27(21)37)13-5-3-7-25(35)24-6-2-4-12-34(24,30(48)49)46-56(51,52)18-8-10-20-22(14-18)28(44-32(38)39)42-16-26(20)36/h8-11,14-17,24-25,46-47H,2-7,12-13H2,1H3,(H,48,49)(H4,38,39,42,44)(H4,40,41,43,45). The van der Waals surface area contributed by atoms with E-state index >= 15 is 0 Å². The number of sulfonamides is 2. The number of hydrogen-bond acceptors (Lipinski definition) is 11. The summed E-state index contributed by atoms with van der Waals surface area (Å²) in [6.45, 7) is 0. The zero-order chi connectivity index (χ0) is 41.5. The number of aliphatic imine (C=N–C) groups is 2. The number of carboxylic acids is 1. The number of aromatic nitrogens is 2. The van der Waals surface area contributed by atoms with E-state index in [9.17, 15) is 31.5 Å². The number of carboxylic acid groups (broad SMARTS) is 1. The molecule has 2 fully saturated rings. The monoisotopic (exact) mass is 862 g/mol. The number of fused-ring (bicyclic) bond motifs is 2. The molecule has 22 heteroatoms. The number of pyridine rings is 2. The van der Waals surface area contributed by atoms with Crippen molar-refractivity contribution in [3.05, 3.63) is 58.8 Å². The number of hydrogen-bond donors (Lipinski definition) is 7. The van der Waals surface area contributed by atoms with Gasteiger partial charge in [0.2, 0.25) is 20.0 Å². The van der Waals surface area contributed by atoms with Crippen LogP contribution in [-0.2, 0) is 34.4 Å². The minimum atomic E-state index is -4.68. The molecule has 2 aliphatic rings. The number of nitrogens with two attached hydrogens (primary N) is 4. The van der Waals surface area contributed by atoms with Crippen LogP contribution in [0.3, 0.4) is 0 Å². The molecule has 4 unspecified atom stereocenters. The van der Waals surface area contributed by atoms with Crippen molar-refractivity contribution in [2.24, 2.45) is 44.8 Å². The average Bonchev–Trinajstić information content (AvgIpc) is 3.16. The minimum Gasteiger partial charge on any atom is -0.480 e. The summed E-state index contributed by atoms with van der Waals surface area (Å²) >= 11 is 12.7. The molecule has 0 radical (unpaired) electrons. The van der Waals surface area contributed by atoms with Crippen LogP contribution in [0.15, 0.2) is 68.6 Å². The highest BCUT2D eigenvalue weighted by Gasteiger charge is 2.61. The summed E-state index contributed by atoms with van der Waals surface area (Å²) in [6.07, 6.45) is 4.28. The molecule has 0 amide bonds. The van der Waals surface area contributed by atoms with Gasteiger partial charge >= 0.3 is 11.9 Å². The van der Waals surface area contributed by atoms with E-state index < -0.39 is 54.9 Å². The number of guanidine groups is 2. The van der Waals surface area contributed by atoms with E-state index in [0.717, 1.165) is 7.11 Å². The number of nitrogens with one attached hydrogen (secondary N) is 2. The van der Waals surface area contributed by atoms with Crippen LogP contribution < -0.4 is 32.4 Å². The van der Waals surface area contributed by atoms with Gasteiger partial charge in [-0.15, -0.1) is 0 Å². The maximum atomic E-state index is 14.4. The topological polar surface area (TPSA) is 311 Å². The molecule has 18 nitrogen and oxygen atoms in total. The molecule has 2 saturated carbocycles. The molecular formula is C35H40Cl2N10O8S2. The third-order valence-corrected chi connectivity index (χ3v) is 14.3. The Morgan fingerprint density at radius 1 is 0.737 bits per heavy atom. The Morgan fingerprint density at radius 2 is 1.16 bits per heavy atom. The minimum absolute atomic E-state index is 0.0105. The van der Waals surface area contributed by atoms with E-state index in [0.29, 0.717) is 36.5 Å². The van der Waals surface area contributed by atoms with Gasteiger partial charge in [-0.1, -0.05) is 61.0 Å². The summed E-state index contributed by atoms with van der Waals surface area (Å²) in [7, 11) is -8.21. The number of methoxy groups -OCH3 is 1. The number of benzene rings is 2. The Balaban J connectivity index is 1.45. The smallest absolute Gasteiger partial charge is 0.327 e. The average molecular weight is 864 g/mol. The lowest BCUT2D eigenvalue weighted by Crippen LogP contribution is -2.69. The van der Waals surface area contributed by atoms with Crippen molar-refractivity contribution >= 4 is 100 Å². The summed E-state index contributed by atoms with van der Waals surface area (Å²) in [4.78, 5) is 43.2. The van der Waals surface area contributed by atoms with Crippen LogP contribution in [0.25, 0.3) is 21.5 Å². The quantitative estimate of drug-likeness (QED) is 0.0647. The van der Waals surface area contributed by atoms with Crippen LogP contribution in [0.4, 0.5) is 11.6 Å². The van der Waals surface area contributed by atoms with Gasteiger partial charge in [0.15, 0.2) is 23.6 Å². The van der Waals surface area contributed by atoms with E-state index in [1.165, 1.54) is 48.8 Å². The van der Waals surface area contributed by atoms with Crippen LogP contribution in [0.5, 0.6) is 0 Å². The summed E-state index contributed by atoms with van der Waals surface area (Å²) in [5, 5.41) is 12.5. The van der Waals surface area contributed by atoms with Gasteiger partial charge in [-0.05, 0) is 61.8 Å². The van der Waals surface area contributed by atoms with E-state index in [1.54, 1.807) is 0 Å². The lowest BCUT2D eigenvalue weighted by Gasteiger charge is -2.52. The molecule has 57 heavy (non-hydrogen) atoms. The van der Waals surface area contributed by atoms with Gasteiger partial charge in [0, 0.05) is 33.9 Å². The van der Waals surface area contributed by atoms with Crippen LogP contribution in [0.1, 0.15) is 51.4 Å². The van der Waals surface area contributed by atoms with Gasteiger partial charge in [-0.25, -0.2) is 26.8 Å². The van der Waals surface area contributed by atoms with Gasteiger partial charge in [0.25, 0.3) is 0 Å². The first-order valence-electron chi connectivity index (χ1n) is 17.6. The second-order valence-electron chi connectivity index (χ2n) is 14.0. The Bertz CT molecular complexity index is 2570. The molecule has 2 heterocycles. The summed E-state index contributed by atoms with van der Waals surface area (Å²) in [6, 6.07) is 7.86. The largest absolute Gasteiger partial charge is 0.480 e. The van der Waals surface area contributed by atoms with Crippen LogP contribution in [0, 0.1) is 11.8 Å². The zero-order valence-electron chi connectivity index (χ0n) is 30.4. The van der Waals surface area contributed by atoms with Gasteiger partial charge in [-0.2, -0.15) is 19.4 Å². The number of aliphatic carboxylic acids is 1. The molecule has 6 rings (SSSR count). The number of carbonyl (C=O) groups excluding carboxylic acids is 1. The van der Waals surface area contributed by atoms with Gasteiger partial charge in [0.05, 0.1) is 26.9 Å². The van der Waals surface area contributed by atoms with Gasteiger partial charge in [-0.3, -0.25) is 9.59 Å². The molecule has 4 atom stereocenters. The third kappa shape index (κ3) is 7.89. The van der Waals surface area contributed by atoms with Crippen molar-refractivity contribution in [2.75, 3.05) is 7.11 Å². The molecule has 2 aliphatic carbocycles. The number of ether oxygens (including phenoxy) is 1. The summed E-state index contributed by atoms with van der Waals surface area (Å²) in [5.41, 5.74) is 18.1. The number of esters is 1. The predicted octanol–water partition coefficient (Wildman–Crippen LogP) is 3.27. The van der Waals surface area contributed by atoms with E-state index in [2.05, 4.69) is 29.4 Å². The molecule has 0 aliphatic heterocycles. The van der Waals surface area contributed by atoms with Crippen LogP contribution in [0.2, 0.25) is 10.0 Å². The highest BCUT2D eigenvalue weighted by Crippen LogP contribution is 2.50. The molecule has 304 valence electrons. The van der Waals surface area contributed by atoms with Crippen molar-refractivity contribution in [3.63, 3.8) is 0 Å². The van der Waals surface area contributed by atoms with Crippen molar-refractivity contribution in [1.82, 2.24) is 19.4 Å². The highest BCUT2D eigenvalue weighted by molar-refractivity contribution is 7.90. The second kappa shape index (κ2) is 15.8. The third-order valence-electron chi connectivity index (χ3n) is 10.7. The zero-order valence-corrected chi connectivity index (χ0v) is 33.6. The Morgan fingerprint density at radius 3 is 1.58 bits per heavy atom. The first-order chi connectivity index (χ1) is 26.8. The highest BCUT2D eigenvalue weighted by atomic mass is 35.5. The Hall–Kier alpha value is -4.86. The normalized spacial score (nSPS) is 22.8. The fourth-order valence-corrected chi connectivity index (χ4v) is 11.6. The Kier molecular flexibility index (Phi) is 11.6. The molecule has 0 saturated heterocycles. The first kappa shape index (κ1) is 41.8. The van der Waals surface area contributed by atoms with Crippen LogP contribution >= 0.6 is 23.2 Å².